The number of nitrogens with zero attached hydrogens (tertiary/aromatic N) is 2. The summed E-state index contributed by atoms with van der Waals surface area (Å²) >= 11 is 0. The minimum Gasteiger partial charge on any atom is -0.342 e. The van der Waals surface area contributed by atoms with Crippen molar-refractivity contribution in [2.75, 3.05) is 41.3 Å². The molecule has 2 nitrogen and oxygen atoms in total. The van der Waals surface area contributed by atoms with E-state index < -0.39 is 0 Å². The Labute approximate surface area is 101 Å². The summed E-state index contributed by atoms with van der Waals surface area (Å²) in [5.41, 5.74) is 0. The van der Waals surface area contributed by atoms with Crippen molar-refractivity contribution < 1.29 is 0 Å². The molecule has 13 heavy (non-hydrogen) atoms. The van der Waals surface area contributed by atoms with E-state index in [0.29, 0.717) is 0 Å². The molecular weight excluding hydrogens is 172 g/mol. The van der Waals surface area contributed by atoms with Crippen LogP contribution in [0.5, 0.6) is 0 Å². The van der Waals surface area contributed by atoms with Crippen LogP contribution in [-0.2, 0) is 0 Å². The first-order chi connectivity index (χ1) is 5.54. The first kappa shape index (κ1) is 19.3. The third-order valence-electron chi connectivity index (χ3n) is 1.21. The van der Waals surface area contributed by atoms with Gasteiger partial charge in [-0.05, 0) is 41.3 Å². The van der Waals surface area contributed by atoms with Crippen molar-refractivity contribution in [2.45, 2.75) is 12.8 Å². The smallest absolute Gasteiger partial charge is 0.342 e. The molecule has 76 valence electrons. The molecule has 0 unspecified atom stereocenters. The molecule has 0 rings (SSSR count). The van der Waals surface area contributed by atoms with Crippen molar-refractivity contribution >= 4 is 23.1 Å². The average molecular weight is 197 g/mol. The second-order valence-corrected chi connectivity index (χ2v) is 3.31. The number of hydrogen-bond donors (Lipinski definition) is 0. The zero-order chi connectivity index (χ0) is 9.98. The van der Waals surface area contributed by atoms with Crippen LogP contribution in [0.4, 0.5) is 0 Å². The van der Waals surface area contributed by atoms with Gasteiger partial charge in [0.15, 0.2) is 0 Å². The van der Waals surface area contributed by atoms with E-state index in [1.165, 1.54) is 0 Å². The Hall–Kier alpha value is 0.686. The second-order valence-electron chi connectivity index (χ2n) is 3.31. The molecule has 0 amide bonds. The van der Waals surface area contributed by atoms with E-state index in [1.54, 1.807) is 0 Å². The number of hydrogen-bond acceptors (Lipinski definition) is 2. The summed E-state index contributed by atoms with van der Waals surface area (Å²) in [6.45, 7) is 9.56. The van der Waals surface area contributed by atoms with Gasteiger partial charge in [0.05, 0.1) is 0 Å². The monoisotopic (exact) mass is 196 g/mol. The molecule has 0 saturated carbocycles. The van der Waals surface area contributed by atoms with E-state index in [4.69, 9.17) is 0 Å². The minimum atomic E-state index is 0. The Morgan fingerprint density at radius 1 is 0.769 bits per heavy atom. The second kappa shape index (κ2) is 15.2. The van der Waals surface area contributed by atoms with Crippen molar-refractivity contribution in [2.24, 2.45) is 0 Å². The standard InChI is InChI=1S/2C5H12N.Mg/c2*1-4-5-6(2)3;/h2*1,4-5H2,2-3H3;/q2*-1;+2. The Morgan fingerprint density at radius 3 is 1.00 bits per heavy atom. The van der Waals surface area contributed by atoms with Crippen molar-refractivity contribution in [1.82, 2.24) is 9.80 Å². The SMILES string of the molecule is [CH2-]CCN(C)C.[CH2-]CCN(C)C.[Mg+2]. The summed E-state index contributed by atoms with van der Waals surface area (Å²) in [5, 5.41) is 0. The molecule has 0 saturated heterocycles. The van der Waals surface area contributed by atoms with Crippen molar-refractivity contribution in [3.8, 4) is 0 Å². The molecule has 3 heteroatoms. The van der Waals surface area contributed by atoms with Gasteiger partial charge in [-0.15, -0.1) is 0 Å². The van der Waals surface area contributed by atoms with Gasteiger partial charge >= 0.3 is 23.1 Å². The minimum absolute atomic E-state index is 0. The molecule has 0 radical (unpaired) electrons. The van der Waals surface area contributed by atoms with Gasteiger partial charge in [0.1, 0.15) is 0 Å². The first-order valence-electron chi connectivity index (χ1n) is 4.42. The van der Waals surface area contributed by atoms with Gasteiger partial charge in [0.2, 0.25) is 0 Å². The van der Waals surface area contributed by atoms with Crippen molar-refractivity contribution in [3.63, 3.8) is 0 Å². The first-order valence-corrected chi connectivity index (χ1v) is 4.42. The fraction of sp³-hybridized carbons (Fsp3) is 0.800. The van der Waals surface area contributed by atoms with Gasteiger partial charge in [-0.3, -0.25) is 0 Å². The summed E-state index contributed by atoms with van der Waals surface area (Å²) in [6, 6.07) is 0. The molecule has 0 aromatic heterocycles. The van der Waals surface area contributed by atoms with Crippen LogP contribution in [0.2, 0.25) is 0 Å². The Morgan fingerprint density at radius 2 is 1.00 bits per heavy atom. The van der Waals surface area contributed by atoms with Crippen LogP contribution < -0.4 is 0 Å². The summed E-state index contributed by atoms with van der Waals surface area (Å²) < 4.78 is 0. The molecule has 0 bridgehead atoms. The van der Waals surface area contributed by atoms with E-state index in [9.17, 15) is 0 Å². The Bertz CT molecular complexity index is 65.3. The average Bonchev–Trinajstić information content (AvgIpc) is 1.87. The maximum Gasteiger partial charge on any atom is 2.00 e. The van der Waals surface area contributed by atoms with Gasteiger partial charge in [0.25, 0.3) is 0 Å². The van der Waals surface area contributed by atoms with Gasteiger partial charge in [-0.1, -0.05) is 0 Å². The van der Waals surface area contributed by atoms with Crippen LogP contribution in [0.25, 0.3) is 0 Å². The maximum absolute atomic E-state index is 3.68. The van der Waals surface area contributed by atoms with Gasteiger partial charge < -0.3 is 23.6 Å². The molecule has 0 aliphatic rings. The van der Waals surface area contributed by atoms with E-state index in [0.717, 1.165) is 25.9 Å². The Balaban J connectivity index is -0.000000143. The molecule has 0 fully saturated rings. The van der Waals surface area contributed by atoms with Crippen LogP contribution in [0.15, 0.2) is 0 Å². The predicted molar refractivity (Wildman–Crippen MR) is 62.8 cm³/mol. The zero-order valence-electron chi connectivity index (χ0n) is 9.84. The summed E-state index contributed by atoms with van der Waals surface area (Å²) in [6.07, 6.45) is 2.01. The van der Waals surface area contributed by atoms with Crippen LogP contribution in [0.3, 0.4) is 0 Å². The number of rotatable bonds is 4. The summed E-state index contributed by atoms with van der Waals surface area (Å²) in [4.78, 5) is 4.24. The molecule has 0 aliphatic heterocycles. The van der Waals surface area contributed by atoms with E-state index in [2.05, 4.69) is 23.6 Å². The molecule has 0 aliphatic carbocycles. The van der Waals surface area contributed by atoms with Crippen LogP contribution in [-0.4, -0.2) is 74.1 Å². The molecule has 0 heterocycles. The third-order valence-corrected chi connectivity index (χ3v) is 1.21. The van der Waals surface area contributed by atoms with E-state index >= 15 is 0 Å². The third kappa shape index (κ3) is 32.4. The Kier molecular flexibility index (Phi) is 22.5. The summed E-state index contributed by atoms with van der Waals surface area (Å²) in [7, 11) is 8.19. The largest absolute Gasteiger partial charge is 2.00 e. The molecule has 0 spiro atoms. The molecular formula is C10H24MgN2. The quantitative estimate of drug-likeness (QED) is 0.492. The zero-order valence-corrected chi connectivity index (χ0v) is 11.3. The topological polar surface area (TPSA) is 6.48 Å². The molecule has 0 aromatic rings. The van der Waals surface area contributed by atoms with E-state index in [1.807, 2.05) is 28.2 Å². The van der Waals surface area contributed by atoms with E-state index in [-0.39, 0.29) is 23.1 Å². The molecule has 0 N–H and O–H groups in total. The molecule has 0 atom stereocenters. The van der Waals surface area contributed by atoms with Gasteiger partial charge in [-0.2, -0.15) is 12.8 Å². The van der Waals surface area contributed by atoms with Crippen LogP contribution in [0.1, 0.15) is 12.8 Å². The van der Waals surface area contributed by atoms with Crippen LogP contribution in [0, 0.1) is 13.8 Å². The fourth-order valence-corrected chi connectivity index (χ4v) is 0.632. The van der Waals surface area contributed by atoms with Crippen LogP contribution >= 0.6 is 0 Å². The van der Waals surface area contributed by atoms with Gasteiger partial charge in [0, 0.05) is 0 Å². The fourth-order valence-electron chi connectivity index (χ4n) is 0.632. The van der Waals surface area contributed by atoms with Crippen molar-refractivity contribution in [1.29, 1.82) is 0 Å². The normalized spacial score (nSPS) is 9.23. The summed E-state index contributed by atoms with van der Waals surface area (Å²) in [5.74, 6) is 0. The predicted octanol–water partition coefficient (Wildman–Crippen LogP) is 1.16. The van der Waals surface area contributed by atoms with Crippen molar-refractivity contribution in [3.05, 3.63) is 13.8 Å². The molecule has 0 aromatic carbocycles. The van der Waals surface area contributed by atoms with Gasteiger partial charge in [-0.25, -0.2) is 0 Å². The maximum atomic E-state index is 3.68.